The lowest BCUT2D eigenvalue weighted by Gasteiger charge is -2.22. The molecule has 2 rings (SSSR count). The molecule has 0 amide bonds. The fourth-order valence-corrected chi connectivity index (χ4v) is 2.88. The van der Waals surface area contributed by atoms with Crippen LogP contribution in [0, 0.1) is 0 Å². The van der Waals surface area contributed by atoms with E-state index in [0.29, 0.717) is 6.54 Å². The first-order valence-corrected chi connectivity index (χ1v) is 9.11. The smallest absolute Gasteiger partial charge is 0.0234 e. The molecule has 0 heterocycles. The molecule has 0 saturated heterocycles. The molecule has 0 aromatic heterocycles. The number of allylic oxidation sites excluding steroid dienone is 3. The van der Waals surface area contributed by atoms with Crippen molar-refractivity contribution in [3.63, 3.8) is 0 Å². The topological polar surface area (TPSA) is 53.3 Å². The van der Waals surface area contributed by atoms with Crippen molar-refractivity contribution in [2.75, 3.05) is 45.8 Å². The predicted molar refractivity (Wildman–Crippen MR) is 103 cm³/mol. The number of nitrogens with one attached hydrogen (secondary N) is 2. The molecule has 0 radical (unpaired) electrons. The van der Waals surface area contributed by atoms with Crippen LogP contribution in [-0.2, 0) is 6.54 Å². The van der Waals surface area contributed by atoms with E-state index < -0.39 is 0 Å². The van der Waals surface area contributed by atoms with Crippen LogP contribution in [0.15, 0.2) is 54.1 Å². The van der Waals surface area contributed by atoms with Crippen LogP contribution in [0.4, 0.5) is 0 Å². The molecule has 132 valence electrons. The van der Waals surface area contributed by atoms with Gasteiger partial charge in [-0.2, -0.15) is 0 Å². The summed E-state index contributed by atoms with van der Waals surface area (Å²) in [6.45, 7) is 7.68. The van der Waals surface area contributed by atoms with Gasteiger partial charge in [0.1, 0.15) is 0 Å². The Bertz CT molecular complexity index is 496. The van der Waals surface area contributed by atoms with Crippen LogP contribution in [0.2, 0.25) is 0 Å². The Labute approximate surface area is 146 Å². The van der Waals surface area contributed by atoms with Gasteiger partial charge in [-0.1, -0.05) is 54.1 Å². The fraction of sp³-hybridized carbons (Fsp3) is 0.500. The Morgan fingerprint density at radius 3 is 2.58 bits per heavy atom. The summed E-state index contributed by atoms with van der Waals surface area (Å²) in [5.74, 6) is 0. The van der Waals surface area contributed by atoms with Crippen molar-refractivity contribution in [2.45, 2.75) is 19.4 Å². The molecule has 1 aromatic carbocycles. The Balaban J connectivity index is 1.54. The minimum absolute atomic E-state index is 0.706. The van der Waals surface area contributed by atoms with Crippen molar-refractivity contribution in [1.82, 2.24) is 15.5 Å². The highest BCUT2D eigenvalue weighted by Gasteiger charge is 2.04. The number of hydrogen-bond donors (Lipinski definition) is 3. The molecule has 0 atom stereocenters. The minimum Gasteiger partial charge on any atom is -0.329 e. The first-order valence-electron chi connectivity index (χ1n) is 9.11. The van der Waals surface area contributed by atoms with Crippen LogP contribution >= 0.6 is 0 Å². The molecule has 0 spiro atoms. The lowest BCUT2D eigenvalue weighted by Crippen LogP contribution is -2.37. The largest absolute Gasteiger partial charge is 0.329 e. The predicted octanol–water partition coefficient (Wildman–Crippen LogP) is 1.90. The molecular weight excluding hydrogens is 296 g/mol. The second kappa shape index (κ2) is 12.0. The van der Waals surface area contributed by atoms with Crippen LogP contribution in [0.25, 0.3) is 0 Å². The molecule has 1 aliphatic rings. The maximum Gasteiger partial charge on any atom is 0.0234 e. The lowest BCUT2D eigenvalue weighted by molar-refractivity contribution is 0.272. The minimum atomic E-state index is 0.706. The van der Waals surface area contributed by atoms with Gasteiger partial charge in [0.05, 0.1) is 0 Å². The van der Waals surface area contributed by atoms with Crippen molar-refractivity contribution in [1.29, 1.82) is 0 Å². The van der Waals surface area contributed by atoms with Gasteiger partial charge in [0.15, 0.2) is 0 Å². The molecule has 0 aliphatic heterocycles. The summed E-state index contributed by atoms with van der Waals surface area (Å²) in [6.07, 6.45) is 9.01. The zero-order chi connectivity index (χ0) is 16.9. The van der Waals surface area contributed by atoms with E-state index in [9.17, 15) is 0 Å². The monoisotopic (exact) mass is 328 g/mol. The maximum atomic E-state index is 5.74. The molecule has 1 aliphatic carbocycles. The van der Waals surface area contributed by atoms with E-state index in [1.54, 1.807) is 0 Å². The second-order valence-corrected chi connectivity index (χ2v) is 6.27. The average molecular weight is 329 g/mol. The van der Waals surface area contributed by atoms with E-state index in [0.717, 1.165) is 45.8 Å². The Kier molecular flexibility index (Phi) is 9.42. The second-order valence-electron chi connectivity index (χ2n) is 6.27. The summed E-state index contributed by atoms with van der Waals surface area (Å²) >= 11 is 0. The quantitative estimate of drug-likeness (QED) is 0.513. The highest BCUT2D eigenvalue weighted by molar-refractivity contribution is 5.18. The third-order valence-electron chi connectivity index (χ3n) is 4.23. The Hall–Kier alpha value is -1.46. The lowest BCUT2D eigenvalue weighted by atomic mass is 10.1. The van der Waals surface area contributed by atoms with Gasteiger partial charge in [0, 0.05) is 52.4 Å². The van der Waals surface area contributed by atoms with Crippen LogP contribution < -0.4 is 16.4 Å². The number of nitrogens with zero attached hydrogens (tertiary/aromatic N) is 1. The zero-order valence-corrected chi connectivity index (χ0v) is 14.7. The van der Waals surface area contributed by atoms with Gasteiger partial charge in [0.25, 0.3) is 0 Å². The molecule has 1 aromatic rings. The van der Waals surface area contributed by atoms with Gasteiger partial charge < -0.3 is 16.4 Å². The first kappa shape index (κ1) is 18.9. The summed E-state index contributed by atoms with van der Waals surface area (Å²) in [7, 11) is 0. The van der Waals surface area contributed by atoms with Crippen molar-refractivity contribution in [2.24, 2.45) is 5.73 Å². The van der Waals surface area contributed by atoms with Crippen molar-refractivity contribution >= 4 is 0 Å². The van der Waals surface area contributed by atoms with Crippen molar-refractivity contribution in [3.8, 4) is 0 Å². The SMILES string of the molecule is NCCN(CCNCCNCC1=CC=CCC1)Cc1ccccc1. The summed E-state index contributed by atoms with van der Waals surface area (Å²) in [5, 5.41) is 7.03. The molecule has 0 saturated carbocycles. The maximum absolute atomic E-state index is 5.74. The summed E-state index contributed by atoms with van der Waals surface area (Å²) in [4.78, 5) is 2.41. The summed E-state index contributed by atoms with van der Waals surface area (Å²) in [5.41, 5.74) is 8.60. The summed E-state index contributed by atoms with van der Waals surface area (Å²) in [6, 6.07) is 10.6. The van der Waals surface area contributed by atoms with E-state index >= 15 is 0 Å². The van der Waals surface area contributed by atoms with Crippen LogP contribution in [-0.4, -0.2) is 50.7 Å². The van der Waals surface area contributed by atoms with Crippen molar-refractivity contribution in [3.05, 3.63) is 59.7 Å². The molecule has 4 heteroatoms. The molecule has 4 N–H and O–H groups in total. The molecule has 0 bridgehead atoms. The number of nitrogens with two attached hydrogens (primary N) is 1. The number of hydrogen-bond acceptors (Lipinski definition) is 4. The van der Waals surface area contributed by atoms with Gasteiger partial charge >= 0.3 is 0 Å². The average Bonchev–Trinajstić information content (AvgIpc) is 2.63. The van der Waals surface area contributed by atoms with Gasteiger partial charge in [-0.3, -0.25) is 4.90 Å². The van der Waals surface area contributed by atoms with Gasteiger partial charge in [-0.25, -0.2) is 0 Å². The molecule has 0 fully saturated rings. The third-order valence-corrected chi connectivity index (χ3v) is 4.23. The molecule has 0 unspecified atom stereocenters. The van der Waals surface area contributed by atoms with E-state index in [-0.39, 0.29) is 0 Å². The first-order chi connectivity index (χ1) is 11.9. The third kappa shape index (κ3) is 7.88. The standard InChI is InChI=1S/C20H32N4/c21-11-15-24(18-20-9-5-2-6-10-20)16-14-22-12-13-23-17-19-7-3-1-4-8-19/h1-3,5-7,9-10,22-23H,4,8,11-18,21H2. The molecule has 24 heavy (non-hydrogen) atoms. The van der Waals surface area contributed by atoms with Crippen LogP contribution in [0.5, 0.6) is 0 Å². The van der Waals surface area contributed by atoms with E-state index in [1.165, 1.54) is 24.0 Å². The highest BCUT2D eigenvalue weighted by atomic mass is 15.1. The Morgan fingerprint density at radius 1 is 1.00 bits per heavy atom. The van der Waals surface area contributed by atoms with Crippen molar-refractivity contribution < 1.29 is 0 Å². The van der Waals surface area contributed by atoms with E-state index in [2.05, 4.69) is 64.1 Å². The number of rotatable bonds is 12. The Morgan fingerprint density at radius 2 is 1.83 bits per heavy atom. The fourth-order valence-electron chi connectivity index (χ4n) is 2.88. The van der Waals surface area contributed by atoms with Gasteiger partial charge in [0.2, 0.25) is 0 Å². The van der Waals surface area contributed by atoms with Crippen LogP contribution in [0.3, 0.4) is 0 Å². The summed E-state index contributed by atoms with van der Waals surface area (Å²) < 4.78 is 0. The van der Waals surface area contributed by atoms with Crippen LogP contribution in [0.1, 0.15) is 18.4 Å². The molecule has 4 nitrogen and oxygen atoms in total. The van der Waals surface area contributed by atoms with Gasteiger partial charge in [-0.15, -0.1) is 0 Å². The number of benzene rings is 1. The highest BCUT2D eigenvalue weighted by Crippen LogP contribution is 2.09. The van der Waals surface area contributed by atoms with E-state index in [1.807, 2.05) is 0 Å². The normalized spacial score (nSPS) is 14.2. The zero-order valence-electron chi connectivity index (χ0n) is 14.7. The molecular formula is C20H32N4. The van der Waals surface area contributed by atoms with E-state index in [4.69, 9.17) is 5.73 Å². The van der Waals surface area contributed by atoms with Gasteiger partial charge in [-0.05, 0) is 18.4 Å².